The van der Waals surface area contributed by atoms with Gasteiger partial charge >= 0.3 is 0 Å². The van der Waals surface area contributed by atoms with E-state index in [0.717, 1.165) is 12.8 Å². The summed E-state index contributed by atoms with van der Waals surface area (Å²) in [4.78, 5) is 22.0. The van der Waals surface area contributed by atoms with Gasteiger partial charge in [-0.1, -0.05) is 20.3 Å². The molecule has 0 rings (SSSR count). The van der Waals surface area contributed by atoms with Crippen LogP contribution in [0.4, 0.5) is 0 Å². The van der Waals surface area contributed by atoms with Crippen molar-refractivity contribution in [3.05, 3.63) is 0 Å². The van der Waals surface area contributed by atoms with Crippen molar-refractivity contribution in [2.45, 2.75) is 46.0 Å². The van der Waals surface area contributed by atoms with Crippen LogP contribution in [0.25, 0.3) is 0 Å². The van der Waals surface area contributed by atoms with Crippen LogP contribution >= 0.6 is 0 Å². The smallest absolute Gasteiger partial charge is 0.158 e. The summed E-state index contributed by atoms with van der Waals surface area (Å²) in [5.41, 5.74) is 0. The highest BCUT2D eigenvalue weighted by atomic mass is 16.5. The molecule has 82 valence electrons. The Bertz CT molecular complexity index is 175. The van der Waals surface area contributed by atoms with Gasteiger partial charge in [0.25, 0.3) is 0 Å². The number of hydrogen-bond donors (Lipinski definition) is 0. The van der Waals surface area contributed by atoms with Gasteiger partial charge in [0.15, 0.2) is 5.78 Å². The fourth-order valence-electron chi connectivity index (χ4n) is 0.960. The molecule has 0 saturated heterocycles. The van der Waals surface area contributed by atoms with E-state index in [1.165, 1.54) is 0 Å². The average Bonchev–Trinajstić information content (AvgIpc) is 2.21. The maximum Gasteiger partial charge on any atom is 0.158 e. The van der Waals surface area contributed by atoms with Crippen LogP contribution in [0.3, 0.4) is 0 Å². The van der Waals surface area contributed by atoms with Crippen LogP contribution in [0.1, 0.15) is 46.0 Å². The monoisotopic (exact) mass is 200 g/mol. The largest absolute Gasteiger partial charge is 0.374 e. The second kappa shape index (κ2) is 8.88. The molecule has 0 bridgehead atoms. The van der Waals surface area contributed by atoms with Gasteiger partial charge < -0.3 is 4.74 Å². The van der Waals surface area contributed by atoms with E-state index >= 15 is 0 Å². The van der Waals surface area contributed by atoms with Crippen LogP contribution < -0.4 is 0 Å². The highest BCUT2D eigenvalue weighted by Gasteiger charge is 2.05. The maximum absolute atomic E-state index is 11.1. The SMILES string of the molecule is CCCCOCC(=O)CCC(=O)CC. The third-order valence-corrected chi connectivity index (χ3v) is 1.98. The fraction of sp³-hybridized carbons (Fsp3) is 0.818. The summed E-state index contributed by atoms with van der Waals surface area (Å²) in [6.45, 7) is 4.69. The number of ketones is 2. The molecule has 0 saturated carbocycles. The summed E-state index contributed by atoms with van der Waals surface area (Å²) in [6, 6.07) is 0. The van der Waals surface area contributed by atoms with E-state index in [0.29, 0.717) is 25.9 Å². The van der Waals surface area contributed by atoms with Gasteiger partial charge in [0.05, 0.1) is 0 Å². The highest BCUT2D eigenvalue weighted by Crippen LogP contribution is 1.97. The number of carbonyl (C=O) groups is 2. The Kier molecular flexibility index (Phi) is 8.43. The number of ether oxygens (including phenoxy) is 1. The first-order valence-corrected chi connectivity index (χ1v) is 5.31. The Balaban J connectivity index is 3.32. The summed E-state index contributed by atoms with van der Waals surface area (Å²) >= 11 is 0. The van der Waals surface area contributed by atoms with Gasteiger partial charge in [0, 0.05) is 25.9 Å². The molecule has 0 aromatic rings. The summed E-state index contributed by atoms with van der Waals surface area (Å²) in [6.07, 6.45) is 3.28. The fourth-order valence-corrected chi connectivity index (χ4v) is 0.960. The normalized spacial score (nSPS) is 10.1. The lowest BCUT2D eigenvalue weighted by molar-refractivity contribution is -0.126. The van der Waals surface area contributed by atoms with Crippen molar-refractivity contribution in [3.63, 3.8) is 0 Å². The van der Waals surface area contributed by atoms with Crippen LogP contribution in [0.5, 0.6) is 0 Å². The van der Waals surface area contributed by atoms with Crippen molar-refractivity contribution < 1.29 is 14.3 Å². The van der Waals surface area contributed by atoms with E-state index < -0.39 is 0 Å². The molecule has 0 heterocycles. The molecular weight excluding hydrogens is 180 g/mol. The van der Waals surface area contributed by atoms with Crippen molar-refractivity contribution in [2.24, 2.45) is 0 Å². The molecule has 0 aliphatic carbocycles. The standard InChI is InChI=1S/C11H20O3/c1-3-5-8-14-9-11(13)7-6-10(12)4-2/h3-9H2,1-2H3. The Morgan fingerprint density at radius 1 is 1.07 bits per heavy atom. The van der Waals surface area contributed by atoms with E-state index in [9.17, 15) is 9.59 Å². The third-order valence-electron chi connectivity index (χ3n) is 1.98. The molecule has 3 nitrogen and oxygen atoms in total. The van der Waals surface area contributed by atoms with Gasteiger partial charge in [-0.25, -0.2) is 0 Å². The number of carbonyl (C=O) groups excluding carboxylic acids is 2. The second-order valence-corrected chi connectivity index (χ2v) is 3.34. The molecule has 0 N–H and O–H groups in total. The molecule has 0 aliphatic rings. The molecular formula is C11H20O3. The van der Waals surface area contributed by atoms with Crippen LogP contribution in [0.15, 0.2) is 0 Å². The Hall–Kier alpha value is -0.700. The number of rotatable bonds is 9. The average molecular weight is 200 g/mol. The predicted molar refractivity (Wildman–Crippen MR) is 55.3 cm³/mol. The third kappa shape index (κ3) is 7.92. The van der Waals surface area contributed by atoms with Crippen molar-refractivity contribution in [3.8, 4) is 0 Å². The minimum atomic E-state index is 0.0305. The zero-order valence-corrected chi connectivity index (χ0v) is 9.17. The number of hydrogen-bond acceptors (Lipinski definition) is 3. The van der Waals surface area contributed by atoms with Crippen molar-refractivity contribution in [1.82, 2.24) is 0 Å². The van der Waals surface area contributed by atoms with Crippen molar-refractivity contribution in [2.75, 3.05) is 13.2 Å². The van der Waals surface area contributed by atoms with Gasteiger partial charge in [-0.3, -0.25) is 9.59 Å². The molecule has 0 fully saturated rings. The zero-order valence-electron chi connectivity index (χ0n) is 9.17. The minimum absolute atomic E-state index is 0.0305. The maximum atomic E-state index is 11.1. The summed E-state index contributed by atoms with van der Waals surface area (Å²) in [5.74, 6) is 0.176. The molecule has 0 unspecified atom stereocenters. The molecule has 0 aliphatic heterocycles. The van der Waals surface area contributed by atoms with Crippen LogP contribution in [0.2, 0.25) is 0 Å². The lowest BCUT2D eigenvalue weighted by atomic mass is 10.1. The molecule has 0 spiro atoms. The summed E-state index contributed by atoms with van der Waals surface area (Å²) in [5, 5.41) is 0. The molecule has 0 aromatic carbocycles. The van der Waals surface area contributed by atoms with Gasteiger partial charge in [0.1, 0.15) is 12.4 Å². The van der Waals surface area contributed by atoms with E-state index in [-0.39, 0.29) is 18.2 Å². The number of unbranched alkanes of at least 4 members (excludes halogenated alkanes) is 1. The zero-order chi connectivity index (χ0) is 10.8. The molecule has 14 heavy (non-hydrogen) atoms. The minimum Gasteiger partial charge on any atom is -0.374 e. The first-order chi connectivity index (χ1) is 6.70. The van der Waals surface area contributed by atoms with Gasteiger partial charge in [-0.05, 0) is 6.42 Å². The van der Waals surface area contributed by atoms with E-state index in [1.807, 2.05) is 6.92 Å². The predicted octanol–water partition coefficient (Wildman–Crippen LogP) is 2.13. The Labute approximate surface area is 85.8 Å². The Morgan fingerprint density at radius 2 is 1.71 bits per heavy atom. The highest BCUT2D eigenvalue weighted by molar-refractivity contribution is 5.86. The second-order valence-electron chi connectivity index (χ2n) is 3.34. The van der Waals surface area contributed by atoms with E-state index in [1.54, 1.807) is 0 Å². The molecule has 3 heteroatoms. The van der Waals surface area contributed by atoms with Crippen molar-refractivity contribution >= 4 is 11.6 Å². The van der Waals surface area contributed by atoms with E-state index in [4.69, 9.17) is 4.74 Å². The van der Waals surface area contributed by atoms with Gasteiger partial charge in [0.2, 0.25) is 0 Å². The molecule has 0 amide bonds. The lowest BCUT2D eigenvalue weighted by Gasteiger charge is -2.01. The molecule has 0 aromatic heterocycles. The van der Waals surface area contributed by atoms with Gasteiger partial charge in [-0.15, -0.1) is 0 Å². The number of Topliss-reactive ketones (excluding diaryl/α,β-unsaturated/α-hetero) is 2. The topological polar surface area (TPSA) is 43.4 Å². The summed E-state index contributed by atoms with van der Waals surface area (Å²) in [7, 11) is 0. The van der Waals surface area contributed by atoms with Crippen LogP contribution in [0, 0.1) is 0 Å². The summed E-state index contributed by atoms with van der Waals surface area (Å²) < 4.78 is 5.14. The Morgan fingerprint density at radius 3 is 2.29 bits per heavy atom. The lowest BCUT2D eigenvalue weighted by Crippen LogP contribution is -2.11. The first-order valence-electron chi connectivity index (χ1n) is 5.31. The van der Waals surface area contributed by atoms with E-state index in [2.05, 4.69) is 6.92 Å². The first kappa shape index (κ1) is 13.3. The van der Waals surface area contributed by atoms with Crippen LogP contribution in [-0.4, -0.2) is 24.8 Å². The van der Waals surface area contributed by atoms with Crippen molar-refractivity contribution in [1.29, 1.82) is 0 Å². The molecule has 0 radical (unpaired) electrons. The quantitative estimate of drug-likeness (QED) is 0.535. The molecule has 0 atom stereocenters. The van der Waals surface area contributed by atoms with Crippen LogP contribution in [-0.2, 0) is 14.3 Å². The van der Waals surface area contributed by atoms with Gasteiger partial charge in [-0.2, -0.15) is 0 Å².